The number of Topliss-reactive ketones (excluding diaryl/α,β-unsaturated/α-hetero) is 1. The van der Waals surface area contributed by atoms with Gasteiger partial charge in [-0.25, -0.2) is 0 Å². The van der Waals surface area contributed by atoms with Crippen LogP contribution in [0.2, 0.25) is 0 Å². The van der Waals surface area contributed by atoms with Crippen molar-refractivity contribution in [3.8, 4) is 0 Å². The Kier molecular flexibility index (Phi) is 2.65. The molecule has 0 saturated heterocycles. The predicted octanol–water partition coefficient (Wildman–Crippen LogP) is 3.81. The maximum atomic E-state index is 11.5. The smallest absolute Gasteiger partial charge is 0.160 e. The standard InChI is InChI=1S/C15H20O/c1-10-8-14-12(9-13(10)11(2)16)6-5-7-15(14,3)4/h8-9H,5-7H2,1-4H3. The van der Waals surface area contributed by atoms with Crippen LogP contribution in [0.5, 0.6) is 0 Å². The average molecular weight is 216 g/mol. The molecule has 2 rings (SSSR count). The maximum absolute atomic E-state index is 11.5. The fourth-order valence-electron chi connectivity index (χ4n) is 2.82. The van der Waals surface area contributed by atoms with Crippen molar-refractivity contribution in [1.82, 2.24) is 0 Å². The summed E-state index contributed by atoms with van der Waals surface area (Å²) in [6.07, 6.45) is 3.61. The molecule has 0 amide bonds. The van der Waals surface area contributed by atoms with Crippen molar-refractivity contribution in [3.63, 3.8) is 0 Å². The second-order valence-electron chi connectivity index (χ2n) is 5.62. The number of carbonyl (C=O) groups excluding carboxylic acids is 1. The Hall–Kier alpha value is -1.11. The van der Waals surface area contributed by atoms with Gasteiger partial charge in [-0.15, -0.1) is 0 Å². The van der Waals surface area contributed by atoms with Crippen LogP contribution >= 0.6 is 0 Å². The van der Waals surface area contributed by atoms with Gasteiger partial charge in [0.2, 0.25) is 0 Å². The molecule has 0 aromatic heterocycles. The number of hydrogen-bond donors (Lipinski definition) is 0. The van der Waals surface area contributed by atoms with Gasteiger partial charge < -0.3 is 0 Å². The SMILES string of the molecule is CC(=O)c1cc2c(cc1C)C(C)(C)CCC2. The van der Waals surface area contributed by atoms with E-state index in [1.165, 1.54) is 24.0 Å². The normalized spacial score (nSPS) is 18.0. The second kappa shape index (κ2) is 3.73. The third-order valence-corrected chi connectivity index (χ3v) is 3.81. The third-order valence-electron chi connectivity index (χ3n) is 3.81. The first-order valence-corrected chi connectivity index (χ1v) is 6.07. The highest BCUT2D eigenvalue weighted by molar-refractivity contribution is 5.95. The highest BCUT2D eigenvalue weighted by Gasteiger charge is 2.28. The van der Waals surface area contributed by atoms with Gasteiger partial charge in [0.15, 0.2) is 5.78 Å². The molecule has 1 aromatic rings. The number of benzene rings is 1. The summed E-state index contributed by atoms with van der Waals surface area (Å²) in [5.41, 5.74) is 5.12. The van der Waals surface area contributed by atoms with Gasteiger partial charge in [0.05, 0.1) is 0 Å². The van der Waals surface area contributed by atoms with Crippen molar-refractivity contribution in [2.75, 3.05) is 0 Å². The van der Waals surface area contributed by atoms with E-state index in [1.807, 2.05) is 6.92 Å². The summed E-state index contributed by atoms with van der Waals surface area (Å²) in [5, 5.41) is 0. The van der Waals surface area contributed by atoms with Gasteiger partial charge in [0.25, 0.3) is 0 Å². The largest absolute Gasteiger partial charge is 0.295 e. The van der Waals surface area contributed by atoms with E-state index in [4.69, 9.17) is 0 Å². The molecule has 0 atom stereocenters. The number of hydrogen-bond acceptors (Lipinski definition) is 1. The fraction of sp³-hybridized carbons (Fsp3) is 0.533. The number of ketones is 1. The molecule has 86 valence electrons. The summed E-state index contributed by atoms with van der Waals surface area (Å²) < 4.78 is 0. The quantitative estimate of drug-likeness (QED) is 0.652. The molecule has 0 bridgehead atoms. The molecule has 1 aromatic carbocycles. The lowest BCUT2D eigenvalue weighted by atomic mass is 9.71. The first-order chi connectivity index (χ1) is 7.42. The minimum Gasteiger partial charge on any atom is -0.295 e. The van der Waals surface area contributed by atoms with Crippen molar-refractivity contribution >= 4 is 5.78 Å². The van der Waals surface area contributed by atoms with Crippen molar-refractivity contribution < 1.29 is 4.79 Å². The minimum atomic E-state index is 0.184. The fourth-order valence-corrected chi connectivity index (χ4v) is 2.82. The first kappa shape index (κ1) is 11.4. The summed E-state index contributed by atoms with van der Waals surface area (Å²) >= 11 is 0. The van der Waals surface area contributed by atoms with Crippen molar-refractivity contribution in [1.29, 1.82) is 0 Å². The second-order valence-corrected chi connectivity index (χ2v) is 5.62. The van der Waals surface area contributed by atoms with Crippen LogP contribution < -0.4 is 0 Å². The molecule has 0 spiro atoms. The van der Waals surface area contributed by atoms with Crippen LogP contribution in [0.25, 0.3) is 0 Å². The molecule has 1 nitrogen and oxygen atoms in total. The number of rotatable bonds is 1. The highest BCUT2D eigenvalue weighted by Crippen LogP contribution is 2.37. The molecular formula is C15H20O. The Balaban J connectivity index is 2.60. The van der Waals surface area contributed by atoms with Crippen molar-refractivity contribution in [2.45, 2.75) is 52.4 Å². The molecule has 0 saturated carbocycles. The molecule has 0 N–H and O–H groups in total. The van der Waals surface area contributed by atoms with E-state index < -0.39 is 0 Å². The Morgan fingerprint density at radius 1 is 1.31 bits per heavy atom. The topological polar surface area (TPSA) is 17.1 Å². The minimum absolute atomic E-state index is 0.184. The van der Waals surface area contributed by atoms with Gasteiger partial charge in [0, 0.05) is 5.56 Å². The van der Waals surface area contributed by atoms with Gasteiger partial charge >= 0.3 is 0 Å². The average Bonchev–Trinajstić information content (AvgIpc) is 2.17. The molecule has 1 heteroatoms. The van der Waals surface area contributed by atoms with Crippen LogP contribution in [0.15, 0.2) is 12.1 Å². The third kappa shape index (κ3) is 1.79. The van der Waals surface area contributed by atoms with Gasteiger partial charge in [0.1, 0.15) is 0 Å². The summed E-state index contributed by atoms with van der Waals surface area (Å²) in [7, 11) is 0. The van der Waals surface area contributed by atoms with Crippen LogP contribution in [0.1, 0.15) is 60.7 Å². The van der Waals surface area contributed by atoms with Crippen LogP contribution in [0.3, 0.4) is 0 Å². The molecule has 0 fully saturated rings. The molecule has 0 unspecified atom stereocenters. The Bertz CT molecular complexity index is 441. The number of aryl methyl sites for hydroxylation is 2. The van der Waals surface area contributed by atoms with E-state index >= 15 is 0 Å². The van der Waals surface area contributed by atoms with Gasteiger partial charge in [-0.3, -0.25) is 4.79 Å². The molecule has 0 aliphatic heterocycles. The Labute approximate surface area is 97.9 Å². The molecule has 0 radical (unpaired) electrons. The summed E-state index contributed by atoms with van der Waals surface area (Å²) in [5.74, 6) is 0.184. The van der Waals surface area contributed by atoms with Crippen LogP contribution in [-0.4, -0.2) is 5.78 Å². The van der Waals surface area contributed by atoms with E-state index in [-0.39, 0.29) is 11.2 Å². The highest BCUT2D eigenvalue weighted by atomic mass is 16.1. The number of fused-ring (bicyclic) bond motifs is 1. The lowest BCUT2D eigenvalue weighted by molar-refractivity contribution is 0.101. The Morgan fingerprint density at radius 3 is 2.62 bits per heavy atom. The maximum Gasteiger partial charge on any atom is 0.160 e. The van der Waals surface area contributed by atoms with E-state index in [9.17, 15) is 4.79 Å². The van der Waals surface area contributed by atoms with E-state index in [2.05, 4.69) is 26.0 Å². The van der Waals surface area contributed by atoms with Gasteiger partial charge in [-0.05, 0) is 61.3 Å². The van der Waals surface area contributed by atoms with Crippen LogP contribution in [0.4, 0.5) is 0 Å². The van der Waals surface area contributed by atoms with E-state index in [1.54, 1.807) is 6.92 Å². The predicted molar refractivity (Wildman–Crippen MR) is 67.1 cm³/mol. The monoisotopic (exact) mass is 216 g/mol. The molecule has 0 heterocycles. The zero-order valence-electron chi connectivity index (χ0n) is 10.7. The van der Waals surface area contributed by atoms with Crippen molar-refractivity contribution in [2.24, 2.45) is 0 Å². The summed E-state index contributed by atoms with van der Waals surface area (Å²) in [6, 6.07) is 4.35. The zero-order chi connectivity index (χ0) is 11.9. The van der Waals surface area contributed by atoms with Crippen molar-refractivity contribution in [3.05, 3.63) is 34.4 Å². The van der Waals surface area contributed by atoms with E-state index in [0.29, 0.717) is 0 Å². The Morgan fingerprint density at radius 2 is 2.00 bits per heavy atom. The van der Waals surface area contributed by atoms with Crippen LogP contribution in [-0.2, 0) is 11.8 Å². The van der Waals surface area contributed by atoms with E-state index in [0.717, 1.165) is 17.5 Å². The number of carbonyl (C=O) groups is 1. The lowest BCUT2D eigenvalue weighted by Gasteiger charge is -2.33. The van der Waals surface area contributed by atoms with Gasteiger partial charge in [-0.1, -0.05) is 19.9 Å². The molecule has 16 heavy (non-hydrogen) atoms. The lowest BCUT2D eigenvalue weighted by Crippen LogP contribution is -2.24. The zero-order valence-corrected chi connectivity index (χ0v) is 10.7. The molecular weight excluding hydrogens is 196 g/mol. The summed E-state index contributed by atoms with van der Waals surface area (Å²) in [4.78, 5) is 11.5. The molecule has 1 aliphatic rings. The van der Waals surface area contributed by atoms with Gasteiger partial charge in [-0.2, -0.15) is 0 Å². The molecule has 1 aliphatic carbocycles. The first-order valence-electron chi connectivity index (χ1n) is 6.07. The van der Waals surface area contributed by atoms with Crippen LogP contribution in [0, 0.1) is 6.92 Å². The summed E-state index contributed by atoms with van der Waals surface area (Å²) in [6.45, 7) is 8.31.